The molecule has 0 aliphatic rings. The molecule has 0 unspecified atom stereocenters. The van der Waals surface area contributed by atoms with Gasteiger partial charge in [-0.05, 0) is 24.3 Å². The molecule has 0 atom stereocenters. The Balaban J connectivity index is 2.30. The zero-order chi connectivity index (χ0) is 11.5. The van der Waals surface area contributed by atoms with Gasteiger partial charge in [-0.15, -0.1) is 0 Å². The van der Waals surface area contributed by atoms with Gasteiger partial charge in [0.2, 0.25) is 0 Å². The molecular formula is C12H9Cl2NO. The Morgan fingerprint density at radius 1 is 1.00 bits per heavy atom. The summed E-state index contributed by atoms with van der Waals surface area (Å²) in [6.45, 7) is 0. The van der Waals surface area contributed by atoms with Crippen LogP contribution in [0.1, 0.15) is 0 Å². The van der Waals surface area contributed by atoms with Crippen molar-refractivity contribution in [3.8, 4) is 11.5 Å². The van der Waals surface area contributed by atoms with Gasteiger partial charge in [0.15, 0.2) is 0 Å². The van der Waals surface area contributed by atoms with Crippen LogP contribution in [-0.2, 0) is 0 Å². The molecule has 0 saturated heterocycles. The van der Waals surface area contributed by atoms with Gasteiger partial charge in [-0.3, -0.25) is 0 Å². The Morgan fingerprint density at radius 2 is 1.81 bits per heavy atom. The molecule has 0 spiro atoms. The zero-order valence-corrected chi connectivity index (χ0v) is 9.79. The minimum atomic E-state index is 0.506. The number of benzene rings is 2. The quantitative estimate of drug-likeness (QED) is 0.807. The average Bonchev–Trinajstić information content (AvgIpc) is 2.24. The van der Waals surface area contributed by atoms with E-state index in [1.807, 2.05) is 6.07 Å². The largest absolute Gasteiger partial charge is 0.456 e. The smallest absolute Gasteiger partial charge is 0.147 e. The van der Waals surface area contributed by atoms with Gasteiger partial charge >= 0.3 is 0 Å². The van der Waals surface area contributed by atoms with Crippen LogP contribution < -0.4 is 10.5 Å². The summed E-state index contributed by atoms with van der Waals surface area (Å²) in [6.07, 6.45) is 0. The molecule has 2 N–H and O–H groups in total. The number of ether oxygens (including phenoxy) is 1. The lowest BCUT2D eigenvalue weighted by Crippen LogP contribution is -1.88. The topological polar surface area (TPSA) is 35.2 Å². The van der Waals surface area contributed by atoms with Crippen LogP contribution in [0.3, 0.4) is 0 Å². The fraction of sp³-hybridized carbons (Fsp3) is 0. The summed E-state index contributed by atoms with van der Waals surface area (Å²) >= 11 is 11.8. The van der Waals surface area contributed by atoms with Gasteiger partial charge in [0.05, 0.1) is 5.02 Å². The molecule has 0 aliphatic carbocycles. The van der Waals surface area contributed by atoms with Crippen molar-refractivity contribution in [3.63, 3.8) is 0 Å². The lowest BCUT2D eigenvalue weighted by Gasteiger charge is -2.08. The van der Waals surface area contributed by atoms with E-state index in [0.717, 1.165) is 0 Å². The first-order chi connectivity index (χ1) is 7.65. The molecule has 2 nitrogen and oxygen atoms in total. The summed E-state index contributed by atoms with van der Waals surface area (Å²) in [5, 5.41) is 1.08. The fourth-order valence-corrected chi connectivity index (χ4v) is 1.58. The van der Waals surface area contributed by atoms with E-state index in [-0.39, 0.29) is 0 Å². The number of halogens is 2. The normalized spacial score (nSPS) is 10.1. The molecule has 0 aliphatic heterocycles. The standard InChI is InChI=1S/C12H9Cl2NO/c13-8-4-5-11(14)12(6-8)16-10-3-1-2-9(15)7-10/h1-7H,15H2. The van der Waals surface area contributed by atoms with Crippen molar-refractivity contribution < 1.29 is 4.74 Å². The van der Waals surface area contributed by atoms with Crippen LogP contribution in [0.4, 0.5) is 5.69 Å². The van der Waals surface area contributed by atoms with Gasteiger partial charge in [0.1, 0.15) is 11.5 Å². The van der Waals surface area contributed by atoms with Crippen LogP contribution in [0.15, 0.2) is 42.5 Å². The summed E-state index contributed by atoms with van der Waals surface area (Å²) in [4.78, 5) is 0. The molecule has 2 aromatic rings. The maximum atomic E-state index is 5.97. The lowest BCUT2D eigenvalue weighted by atomic mass is 10.3. The highest BCUT2D eigenvalue weighted by Gasteiger charge is 2.04. The van der Waals surface area contributed by atoms with E-state index >= 15 is 0 Å². The molecule has 82 valence electrons. The van der Waals surface area contributed by atoms with Crippen molar-refractivity contribution in [1.29, 1.82) is 0 Å². The van der Waals surface area contributed by atoms with Crippen molar-refractivity contribution in [2.24, 2.45) is 0 Å². The first kappa shape index (κ1) is 11.1. The Labute approximate surface area is 104 Å². The first-order valence-electron chi connectivity index (χ1n) is 4.63. The number of anilines is 1. The SMILES string of the molecule is Nc1cccc(Oc2cc(Cl)ccc2Cl)c1. The van der Waals surface area contributed by atoms with Gasteiger partial charge in [-0.2, -0.15) is 0 Å². The van der Waals surface area contributed by atoms with E-state index in [2.05, 4.69) is 0 Å². The van der Waals surface area contributed by atoms with Gasteiger partial charge < -0.3 is 10.5 Å². The molecule has 0 heterocycles. The van der Waals surface area contributed by atoms with Gasteiger partial charge in [0, 0.05) is 22.8 Å². The van der Waals surface area contributed by atoms with E-state index in [0.29, 0.717) is 27.2 Å². The number of rotatable bonds is 2. The minimum absolute atomic E-state index is 0.506. The highest BCUT2D eigenvalue weighted by atomic mass is 35.5. The van der Waals surface area contributed by atoms with Crippen molar-refractivity contribution in [1.82, 2.24) is 0 Å². The predicted molar refractivity (Wildman–Crippen MR) is 67.4 cm³/mol. The Kier molecular flexibility index (Phi) is 3.22. The minimum Gasteiger partial charge on any atom is -0.456 e. The van der Waals surface area contributed by atoms with Gasteiger partial charge in [-0.25, -0.2) is 0 Å². The molecule has 4 heteroatoms. The first-order valence-corrected chi connectivity index (χ1v) is 5.39. The number of hydrogen-bond donors (Lipinski definition) is 1. The van der Waals surface area contributed by atoms with Crippen LogP contribution in [0.5, 0.6) is 11.5 Å². The average molecular weight is 254 g/mol. The monoisotopic (exact) mass is 253 g/mol. The van der Waals surface area contributed by atoms with Crippen LogP contribution in [0.25, 0.3) is 0 Å². The van der Waals surface area contributed by atoms with Crippen LogP contribution in [0.2, 0.25) is 10.0 Å². The lowest BCUT2D eigenvalue weighted by molar-refractivity contribution is 0.483. The summed E-state index contributed by atoms with van der Waals surface area (Å²) < 4.78 is 5.57. The number of nitrogen functional groups attached to an aromatic ring is 1. The van der Waals surface area contributed by atoms with Crippen LogP contribution in [-0.4, -0.2) is 0 Å². The molecule has 16 heavy (non-hydrogen) atoms. The van der Waals surface area contributed by atoms with E-state index in [9.17, 15) is 0 Å². The summed E-state index contributed by atoms with van der Waals surface area (Å²) in [7, 11) is 0. The third kappa shape index (κ3) is 2.60. The van der Waals surface area contributed by atoms with Crippen LogP contribution in [0, 0.1) is 0 Å². The highest BCUT2D eigenvalue weighted by Crippen LogP contribution is 2.32. The molecule has 2 aromatic carbocycles. The number of hydrogen-bond acceptors (Lipinski definition) is 2. The fourth-order valence-electron chi connectivity index (χ4n) is 1.26. The zero-order valence-electron chi connectivity index (χ0n) is 8.28. The van der Waals surface area contributed by atoms with Crippen molar-refractivity contribution in [2.75, 3.05) is 5.73 Å². The van der Waals surface area contributed by atoms with Gasteiger partial charge in [0.25, 0.3) is 0 Å². The molecule has 0 amide bonds. The van der Waals surface area contributed by atoms with Crippen molar-refractivity contribution >= 4 is 28.9 Å². The molecule has 0 fully saturated rings. The molecule has 0 radical (unpaired) electrons. The van der Waals surface area contributed by atoms with Crippen molar-refractivity contribution in [3.05, 3.63) is 52.5 Å². The Hall–Kier alpha value is -1.38. The highest BCUT2D eigenvalue weighted by molar-refractivity contribution is 6.34. The van der Waals surface area contributed by atoms with E-state index in [1.165, 1.54) is 0 Å². The number of nitrogens with two attached hydrogens (primary N) is 1. The maximum absolute atomic E-state index is 5.97. The van der Waals surface area contributed by atoms with E-state index < -0.39 is 0 Å². The van der Waals surface area contributed by atoms with Gasteiger partial charge in [-0.1, -0.05) is 29.3 Å². The van der Waals surface area contributed by atoms with E-state index in [1.54, 1.807) is 36.4 Å². The Morgan fingerprint density at radius 3 is 2.56 bits per heavy atom. The molecule has 2 rings (SSSR count). The third-order valence-corrected chi connectivity index (χ3v) is 2.53. The molecule has 0 aromatic heterocycles. The third-order valence-electron chi connectivity index (χ3n) is 1.98. The van der Waals surface area contributed by atoms with Crippen LogP contribution >= 0.6 is 23.2 Å². The van der Waals surface area contributed by atoms with E-state index in [4.69, 9.17) is 33.7 Å². The summed E-state index contributed by atoms with van der Waals surface area (Å²) in [6, 6.07) is 12.2. The van der Waals surface area contributed by atoms with Crippen molar-refractivity contribution in [2.45, 2.75) is 0 Å². The second kappa shape index (κ2) is 4.64. The summed E-state index contributed by atoms with van der Waals surface area (Å²) in [5.41, 5.74) is 6.28. The Bertz CT molecular complexity index is 514. The maximum Gasteiger partial charge on any atom is 0.147 e. The molecule has 0 bridgehead atoms. The second-order valence-corrected chi connectivity index (χ2v) is 4.09. The predicted octanol–water partition coefficient (Wildman–Crippen LogP) is 4.37. The molecule has 0 saturated carbocycles. The summed E-state index contributed by atoms with van der Waals surface area (Å²) in [5.74, 6) is 1.14. The second-order valence-electron chi connectivity index (χ2n) is 3.25. The molecular weight excluding hydrogens is 245 g/mol.